The van der Waals surface area contributed by atoms with Crippen molar-refractivity contribution in [2.75, 3.05) is 33.7 Å². The molecule has 1 N–H and O–H groups in total. The zero-order valence-electron chi connectivity index (χ0n) is 11.8. The van der Waals surface area contributed by atoms with Gasteiger partial charge in [0.15, 0.2) is 0 Å². The number of rotatable bonds is 5. The van der Waals surface area contributed by atoms with Crippen LogP contribution >= 0.6 is 0 Å². The van der Waals surface area contributed by atoms with Crippen LogP contribution in [0.15, 0.2) is 30.3 Å². The third kappa shape index (κ3) is 4.65. The molecule has 2 rings (SSSR count). The van der Waals surface area contributed by atoms with Gasteiger partial charge in [-0.3, -0.25) is 9.69 Å². The molecule has 1 aliphatic rings. The lowest BCUT2D eigenvalue weighted by Crippen LogP contribution is -2.41. The van der Waals surface area contributed by atoms with E-state index in [1.165, 1.54) is 5.56 Å². The summed E-state index contributed by atoms with van der Waals surface area (Å²) in [6.45, 7) is 3.45. The Morgan fingerprint density at radius 2 is 2.11 bits per heavy atom. The molecule has 0 spiro atoms. The van der Waals surface area contributed by atoms with Crippen molar-refractivity contribution in [3.63, 3.8) is 0 Å². The summed E-state index contributed by atoms with van der Waals surface area (Å²) in [7, 11) is 3.83. The maximum atomic E-state index is 11.7. The summed E-state index contributed by atoms with van der Waals surface area (Å²) in [6, 6.07) is 10.8. The third-order valence-corrected chi connectivity index (χ3v) is 3.35. The van der Waals surface area contributed by atoms with Crippen molar-refractivity contribution < 1.29 is 4.79 Å². The average molecular weight is 261 g/mol. The first kappa shape index (κ1) is 14.0. The molecule has 0 saturated carbocycles. The van der Waals surface area contributed by atoms with Crippen LogP contribution in [0.2, 0.25) is 0 Å². The van der Waals surface area contributed by atoms with E-state index in [4.69, 9.17) is 0 Å². The van der Waals surface area contributed by atoms with Gasteiger partial charge in [0, 0.05) is 25.7 Å². The standard InChI is InChI=1S/C15H23N3O/c1-17(2)12-15(19)16-14-8-9-18(11-14)10-13-6-4-3-5-7-13/h3-7,14H,8-12H2,1-2H3,(H,16,19). The Morgan fingerprint density at radius 3 is 2.79 bits per heavy atom. The third-order valence-electron chi connectivity index (χ3n) is 3.35. The van der Waals surface area contributed by atoms with Gasteiger partial charge in [-0.15, -0.1) is 0 Å². The number of likely N-dealkylation sites (N-methyl/N-ethyl adjacent to an activating group) is 1. The zero-order valence-corrected chi connectivity index (χ0v) is 11.8. The molecule has 1 aliphatic heterocycles. The van der Waals surface area contributed by atoms with Crippen molar-refractivity contribution in [1.82, 2.24) is 15.1 Å². The lowest BCUT2D eigenvalue weighted by Gasteiger charge is -2.17. The lowest BCUT2D eigenvalue weighted by atomic mass is 10.2. The molecule has 1 saturated heterocycles. The van der Waals surface area contributed by atoms with Crippen molar-refractivity contribution in [3.05, 3.63) is 35.9 Å². The highest BCUT2D eigenvalue weighted by Gasteiger charge is 2.23. The molecule has 4 nitrogen and oxygen atoms in total. The number of hydrogen-bond acceptors (Lipinski definition) is 3. The van der Waals surface area contributed by atoms with Crippen LogP contribution in [-0.2, 0) is 11.3 Å². The van der Waals surface area contributed by atoms with Gasteiger partial charge in [-0.1, -0.05) is 30.3 Å². The second-order valence-electron chi connectivity index (χ2n) is 5.51. The molecule has 4 heteroatoms. The van der Waals surface area contributed by atoms with E-state index in [2.05, 4.69) is 34.5 Å². The molecule has 0 bridgehead atoms. The molecule has 0 aromatic heterocycles. The molecule has 1 heterocycles. The van der Waals surface area contributed by atoms with Gasteiger partial charge in [0.25, 0.3) is 0 Å². The molecule has 1 unspecified atom stereocenters. The Kier molecular flexibility index (Phi) is 4.93. The number of benzene rings is 1. The van der Waals surface area contributed by atoms with Crippen molar-refractivity contribution in [1.29, 1.82) is 0 Å². The first-order chi connectivity index (χ1) is 9.13. The maximum absolute atomic E-state index is 11.7. The van der Waals surface area contributed by atoms with Crippen LogP contribution in [0, 0.1) is 0 Å². The van der Waals surface area contributed by atoms with E-state index in [9.17, 15) is 4.79 Å². The van der Waals surface area contributed by atoms with Crippen molar-refractivity contribution in [3.8, 4) is 0 Å². The van der Waals surface area contributed by atoms with Crippen molar-refractivity contribution in [2.45, 2.75) is 19.0 Å². The molecule has 1 aromatic carbocycles. The fourth-order valence-electron chi connectivity index (χ4n) is 2.50. The van der Waals surface area contributed by atoms with Crippen LogP contribution in [0.5, 0.6) is 0 Å². The summed E-state index contributed by atoms with van der Waals surface area (Å²) in [5.41, 5.74) is 1.34. The van der Waals surface area contributed by atoms with E-state index in [1.807, 2.05) is 25.1 Å². The molecule has 1 amide bonds. The fraction of sp³-hybridized carbons (Fsp3) is 0.533. The van der Waals surface area contributed by atoms with Gasteiger partial charge >= 0.3 is 0 Å². The number of carbonyl (C=O) groups is 1. The predicted molar refractivity (Wildman–Crippen MR) is 76.8 cm³/mol. The van der Waals surface area contributed by atoms with E-state index < -0.39 is 0 Å². The largest absolute Gasteiger partial charge is 0.351 e. The minimum atomic E-state index is 0.122. The van der Waals surface area contributed by atoms with E-state index in [1.54, 1.807) is 0 Å². The second-order valence-corrected chi connectivity index (χ2v) is 5.51. The van der Waals surface area contributed by atoms with Crippen LogP contribution < -0.4 is 5.32 Å². The van der Waals surface area contributed by atoms with Gasteiger partial charge in [-0.05, 0) is 26.1 Å². The van der Waals surface area contributed by atoms with E-state index in [-0.39, 0.29) is 5.91 Å². The summed E-state index contributed by atoms with van der Waals surface area (Å²) >= 11 is 0. The topological polar surface area (TPSA) is 35.6 Å². The summed E-state index contributed by atoms with van der Waals surface area (Å²) in [5, 5.41) is 3.10. The van der Waals surface area contributed by atoms with Gasteiger partial charge in [0.1, 0.15) is 0 Å². The predicted octanol–water partition coefficient (Wildman–Crippen LogP) is 0.939. The van der Waals surface area contributed by atoms with E-state index in [0.29, 0.717) is 12.6 Å². The van der Waals surface area contributed by atoms with Gasteiger partial charge in [0.05, 0.1) is 6.54 Å². The summed E-state index contributed by atoms with van der Waals surface area (Å²) in [6.07, 6.45) is 1.05. The van der Waals surface area contributed by atoms with E-state index >= 15 is 0 Å². The molecule has 0 radical (unpaired) electrons. The molecule has 104 valence electrons. The fourth-order valence-corrected chi connectivity index (χ4v) is 2.50. The number of likely N-dealkylation sites (tertiary alicyclic amines) is 1. The smallest absolute Gasteiger partial charge is 0.234 e. The Morgan fingerprint density at radius 1 is 1.37 bits per heavy atom. The Labute approximate surface area is 115 Å². The highest BCUT2D eigenvalue weighted by atomic mass is 16.2. The van der Waals surface area contributed by atoms with Gasteiger partial charge in [-0.25, -0.2) is 0 Å². The number of amides is 1. The quantitative estimate of drug-likeness (QED) is 0.857. The van der Waals surface area contributed by atoms with Crippen LogP contribution in [-0.4, -0.2) is 55.5 Å². The second kappa shape index (κ2) is 6.68. The maximum Gasteiger partial charge on any atom is 0.234 e. The average Bonchev–Trinajstić information content (AvgIpc) is 2.76. The minimum absolute atomic E-state index is 0.122. The van der Waals surface area contributed by atoms with Gasteiger partial charge in [0.2, 0.25) is 5.91 Å². The van der Waals surface area contributed by atoms with Crippen LogP contribution in [0.3, 0.4) is 0 Å². The van der Waals surface area contributed by atoms with Gasteiger partial charge in [-0.2, -0.15) is 0 Å². The van der Waals surface area contributed by atoms with Crippen molar-refractivity contribution in [2.24, 2.45) is 0 Å². The number of hydrogen-bond donors (Lipinski definition) is 1. The highest BCUT2D eigenvalue weighted by molar-refractivity contribution is 5.78. The Hall–Kier alpha value is -1.39. The molecule has 1 aromatic rings. The minimum Gasteiger partial charge on any atom is -0.351 e. The summed E-state index contributed by atoms with van der Waals surface area (Å²) in [4.78, 5) is 16.0. The monoisotopic (exact) mass is 261 g/mol. The molecular weight excluding hydrogens is 238 g/mol. The molecule has 19 heavy (non-hydrogen) atoms. The molecule has 0 aliphatic carbocycles. The van der Waals surface area contributed by atoms with Crippen LogP contribution in [0.1, 0.15) is 12.0 Å². The molecule has 1 fully saturated rings. The summed E-state index contributed by atoms with van der Waals surface area (Å²) in [5.74, 6) is 0.122. The number of carbonyl (C=O) groups excluding carboxylic acids is 1. The Bertz CT molecular complexity index is 405. The van der Waals surface area contributed by atoms with Gasteiger partial charge < -0.3 is 10.2 Å². The lowest BCUT2D eigenvalue weighted by molar-refractivity contribution is -0.122. The zero-order chi connectivity index (χ0) is 13.7. The number of nitrogens with zero attached hydrogens (tertiary/aromatic N) is 2. The summed E-state index contributed by atoms with van der Waals surface area (Å²) < 4.78 is 0. The first-order valence-electron chi connectivity index (χ1n) is 6.84. The number of nitrogens with one attached hydrogen (secondary N) is 1. The SMILES string of the molecule is CN(C)CC(=O)NC1CCN(Cc2ccccc2)C1. The highest BCUT2D eigenvalue weighted by Crippen LogP contribution is 2.13. The van der Waals surface area contributed by atoms with Crippen molar-refractivity contribution >= 4 is 5.91 Å². The van der Waals surface area contributed by atoms with Crippen LogP contribution in [0.4, 0.5) is 0 Å². The Balaban J connectivity index is 1.76. The van der Waals surface area contributed by atoms with Crippen LogP contribution in [0.25, 0.3) is 0 Å². The molecular formula is C15H23N3O. The molecule has 1 atom stereocenters. The van der Waals surface area contributed by atoms with E-state index in [0.717, 1.165) is 26.1 Å². The normalized spacial score (nSPS) is 19.8. The first-order valence-corrected chi connectivity index (χ1v) is 6.84.